The van der Waals surface area contributed by atoms with Gasteiger partial charge in [-0.25, -0.2) is 4.39 Å². The van der Waals surface area contributed by atoms with Crippen molar-refractivity contribution >= 4 is 29.1 Å². The van der Waals surface area contributed by atoms with Crippen molar-refractivity contribution < 1.29 is 44.0 Å². The van der Waals surface area contributed by atoms with Gasteiger partial charge >= 0.3 is 0 Å². The fourth-order valence-electron chi connectivity index (χ4n) is 5.31. The average Bonchev–Trinajstić information content (AvgIpc) is 2.77. The van der Waals surface area contributed by atoms with Gasteiger partial charge in [0.15, 0.2) is 17.1 Å². The molecule has 0 heterocycles. The number of phenolic OH excluding ortho intramolecular Hbond substituents is 1. The number of aliphatic hydroxyl groups is 3. The number of aliphatic hydroxyl groups excluding tert-OH is 2. The Morgan fingerprint density at radius 3 is 2.47 bits per heavy atom. The fourth-order valence-corrected chi connectivity index (χ4v) is 5.31. The monoisotopic (exact) mass is 504 g/mol. The smallest absolute Gasteiger partial charge is 0.255 e. The van der Waals surface area contributed by atoms with Crippen molar-refractivity contribution in [2.24, 2.45) is 23.3 Å². The lowest BCUT2D eigenvalue weighted by atomic mass is 9.59. The van der Waals surface area contributed by atoms with Crippen molar-refractivity contribution in [1.82, 2.24) is 4.90 Å². The second-order valence-electron chi connectivity index (χ2n) is 9.47. The number of carbonyl (C=O) groups is 4. The molecule has 0 aliphatic heterocycles. The second kappa shape index (κ2) is 8.40. The number of aromatic hydroxyl groups is 1. The van der Waals surface area contributed by atoms with Gasteiger partial charge in [-0.05, 0) is 32.9 Å². The van der Waals surface area contributed by atoms with E-state index in [1.54, 1.807) is 14.1 Å². The summed E-state index contributed by atoms with van der Waals surface area (Å²) >= 11 is 0. The molecule has 3 aliphatic rings. The number of benzene rings is 1. The van der Waals surface area contributed by atoms with Crippen molar-refractivity contribution in [3.63, 3.8) is 0 Å². The largest absolute Gasteiger partial charge is 0.510 e. The molecular formula is C23H25FN4O8. The summed E-state index contributed by atoms with van der Waals surface area (Å²) in [4.78, 5) is 51.9. The lowest BCUT2D eigenvalue weighted by Gasteiger charge is -2.47. The Bertz CT molecular complexity index is 1300. The second-order valence-corrected chi connectivity index (χ2v) is 9.47. The van der Waals surface area contributed by atoms with E-state index in [4.69, 9.17) is 11.5 Å². The van der Waals surface area contributed by atoms with E-state index in [1.807, 2.05) is 0 Å². The zero-order chi connectivity index (χ0) is 26.9. The first kappa shape index (κ1) is 25.3. The minimum absolute atomic E-state index is 0.0978. The summed E-state index contributed by atoms with van der Waals surface area (Å²) in [6, 6.07) is -0.630. The summed E-state index contributed by atoms with van der Waals surface area (Å²) in [6.07, 6.45) is -0.474. The van der Waals surface area contributed by atoms with Crippen LogP contribution in [0.25, 0.3) is 0 Å². The van der Waals surface area contributed by atoms with Gasteiger partial charge in [-0.1, -0.05) is 0 Å². The van der Waals surface area contributed by atoms with E-state index in [1.165, 1.54) is 4.90 Å². The third-order valence-corrected chi connectivity index (χ3v) is 6.93. The summed E-state index contributed by atoms with van der Waals surface area (Å²) < 4.78 is 15.1. The highest BCUT2D eigenvalue weighted by Gasteiger charge is 2.62. The first-order chi connectivity index (χ1) is 16.7. The lowest BCUT2D eigenvalue weighted by Crippen LogP contribution is -2.63. The van der Waals surface area contributed by atoms with E-state index in [0.29, 0.717) is 0 Å². The number of nitrogens with zero attached hydrogens (tertiary/aromatic N) is 1. The third-order valence-electron chi connectivity index (χ3n) is 6.93. The first-order valence-corrected chi connectivity index (χ1v) is 10.9. The summed E-state index contributed by atoms with van der Waals surface area (Å²) in [6.45, 7) is -0.0978. The van der Waals surface area contributed by atoms with Gasteiger partial charge < -0.3 is 42.1 Å². The molecule has 12 nitrogen and oxygen atoms in total. The van der Waals surface area contributed by atoms with Crippen molar-refractivity contribution in [2.45, 2.75) is 24.5 Å². The number of allylic oxidation sites excluding steroid dienone is 1. The van der Waals surface area contributed by atoms with E-state index < -0.39 is 86.7 Å². The van der Waals surface area contributed by atoms with Crippen LogP contribution in [-0.4, -0.2) is 81.0 Å². The molecule has 0 radical (unpaired) electrons. The number of nitrogens with one attached hydrogen (secondary N) is 1. The number of halogens is 1. The molecule has 0 spiro atoms. The van der Waals surface area contributed by atoms with E-state index in [9.17, 15) is 39.6 Å². The van der Waals surface area contributed by atoms with Gasteiger partial charge in [0.05, 0.1) is 23.8 Å². The number of likely N-dealkylation sites (N-methyl/N-ethyl adjacent to an activating group) is 1. The van der Waals surface area contributed by atoms with Crippen LogP contribution in [0.3, 0.4) is 0 Å². The molecular weight excluding hydrogens is 479 g/mol. The number of hydrogen-bond donors (Lipinski definition) is 7. The molecule has 192 valence electrons. The normalized spacial score (nSPS) is 27.6. The molecule has 2 amide bonds. The number of hydrogen-bond acceptors (Lipinski definition) is 10. The van der Waals surface area contributed by atoms with Crippen LogP contribution in [0.15, 0.2) is 28.7 Å². The number of amides is 2. The fraction of sp³-hybridized carbons (Fsp3) is 0.391. The van der Waals surface area contributed by atoms with Crippen molar-refractivity contribution in [3.05, 3.63) is 45.7 Å². The standard InChI is InChI=1S/C23H25FN4O8/c1-28(2)6-12(29)27-11-5-10(24)8-3-7-4-9-16(25)19(32)15(22(26)35)21(34)23(9,36)20(33)13(7)18(31)14(8)17(11)30/h5,7,9,16,30,32-33,36H,3-4,6,25H2,1-2H3,(H2,26,35)(H,27,29)/t7-,9-,16-,23-/m0/s1. The molecule has 0 unspecified atom stereocenters. The summed E-state index contributed by atoms with van der Waals surface area (Å²) in [5, 5.41) is 45.7. The number of ketones is 2. The molecule has 3 aliphatic carbocycles. The van der Waals surface area contributed by atoms with Crippen LogP contribution in [0.5, 0.6) is 5.75 Å². The van der Waals surface area contributed by atoms with E-state index >= 15 is 4.39 Å². The van der Waals surface area contributed by atoms with Gasteiger partial charge in [0, 0.05) is 23.1 Å². The van der Waals surface area contributed by atoms with Crippen molar-refractivity contribution in [1.29, 1.82) is 0 Å². The summed E-state index contributed by atoms with van der Waals surface area (Å²) in [7, 11) is 3.23. The maximum absolute atomic E-state index is 15.1. The average molecular weight is 504 g/mol. The van der Waals surface area contributed by atoms with Crippen LogP contribution in [0.1, 0.15) is 22.3 Å². The number of nitrogens with two attached hydrogens (primary N) is 2. The van der Waals surface area contributed by atoms with Gasteiger partial charge in [-0.2, -0.15) is 0 Å². The maximum Gasteiger partial charge on any atom is 0.255 e. The Morgan fingerprint density at radius 2 is 1.89 bits per heavy atom. The van der Waals surface area contributed by atoms with Gasteiger partial charge in [-0.15, -0.1) is 0 Å². The zero-order valence-corrected chi connectivity index (χ0v) is 19.3. The zero-order valence-electron chi connectivity index (χ0n) is 19.3. The molecule has 36 heavy (non-hydrogen) atoms. The number of primary amides is 1. The number of fused-ring (bicyclic) bond motifs is 3. The molecule has 13 heteroatoms. The van der Waals surface area contributed by atoms with Gasteiger partial charge in [-0.3, -0.25) is 19.2 Å². The molecule has 0 saturated carbocycles. The highest BCUT2D eigenvalue weighted by atomic mass is 19.1. The van der Waals surface area contributed by atoms with Crippen LogP contribution >= 0.6 is 0 Å². The van der Waals surface area contributed by atoms with E-state index in [0.717, 1.165) is 6.07 Å². The molecule has 0 aromatic heterocycles. The van der Waals surface area contributed by atoms with E-state index in [-0.39, 0.29) is 30.6 Å². The lowest BCUT2D eigenvalue weighted by molar-refractivity contribution is -0.145. The molecule has 0 bridgehead atoms. The van der Waals surface area contributed by atoms with Crippen LogP contribution in [0.2, 0.25) is 0 Å². The molecule has 4 rings (SSSR count). The number of rotatable bonds is 4. The topological polar surface area (TPSA) is 217 Å². The molecule has 4 atom stereocenters. The van der Waals surface area contributed by atoms with Crippen LogP contribution in [0, 0.1) is 17.7 Å². The van der Waals surface area contributed by atoms with Gasteiger partial charge in [0.2, 0.25) is 11.7 Å². The van der Waals surface area contributed by atoms with Crippen molar-refractivity contribution in [3.8, 4) is 5.75 Å². The Hall–Kier alpha value is -3.81. The molecule has 1 aromatic rings. The third kappa shape index (κ3) is 3.46. The number of Topliss-reactive ketones (excluding diaryl/α,β-unsaturated/α-hetero) is 2. The molecule has 9 N–H and O–H groups in total. The minimum atomic E-state index is -2.86. The Kier molecular flexibility index (Phi) is 5.90. The number of carbonyl (C=O) groups excluding carboxylic acids is 4. The SMILES string of the molecule is CN(C)CC(=O)Nc1cc(F)c2c(c1O)C(=O)C1=C(O)[C@]3(O)C(=O)C(C(N)=O)=C(O)[C@@H](N)[C@@H]3C[C@@H]1C2. The summed E-state index contributed by atoms with van der Waals surface area (Å²) in [5.41, 5.74) is 5.68. The summed E-state index contributed by atoms with van der Waals surface area (Å²) in [5.74, 6) is -10.4. The van der Waals surface area contributed by atoms with Crippen molar-refractivity contribution in [2.75, 3.05) is 26.0 Å². The molecule has 0 saturated heterocycles. The first-order valence-electron chi connectivity index (χ1n) is 10.9. The number of anilines is 1. The predicted octanol–water partition coefficient (Wildman–Crippen LogP) is -0.843. The van der Waals surface area contributed by atoms with Crippen LogP contribution < -0.4 is 16.8 Å². The van der Waals surface area contributed by atoms with E-state index in [2.05, 4.69) is 5.32 Å². The molecule has 0 fully saturated rings. The van der Waals surface area contributed by atoms with Gasteiger partial charge in [0.25, 0.3) is 5.91 Å². The highest BCUT2D eigenvalue weighted by molar-refractivity contribution is 6.25. The number of phenols is 1. The highest BCUT2D eigenvalue weighted by Crippen LogP contribution is 2.52. The quantitative estimate of drug-likeness (QED) is 0.199. The predicted molar refractivity (Wildman–Crippen MR) is 121 cm³/mol. The minimum Gasteiger partial charge on any atom is -0.510 e. The van der Waals surface area contributed by atoms with Gasteiger partial charge in [0.1, 0.15) is 22.9 Å². The Labute approximate surface area is 203 Å². The van der Waals surface area contributed by atoms with Crippen LogP contribution in [-0.2, 0) is 20.8 Å². The molecule has 1 aromatic carbocycles. The Balaban J connectivity index is 1.85. The van der Waals surface area contributed by atoms with Crippen LogP contribution in [0.4, 0.5) is 10.1 Å². The Morgan fingerprint density at radius 1 is 1.25 bits per heavy atom. The maximum atomic E-state index is 15.1.